The van der Waals surface area contributed by atoms with Gasteiger partial charge in [0.05, 0.1) is 19.3 Å². The maximum Gasteiger partial charge on any atom is 0.305 e. The summed E-state index contributed by atoms with van der Waals surface area (Å²) in [6, 6.07) is 0.516. The van der Waals surface area contributed by atoms with E-state index in [2.05, 4.69) is 35.0 Å². The molecular formula is C26H41N3O2. The van der Waals surface area contributed by atoms with Crippen molar-refractivity contribution in [3.63, 3.8) is 0 Å². The Hall–Kier alpha value is -1.39. The summed E-state index contributed by atoms with van der Waals surface area (Å²) in [5, 5.41) is 8.75. The Morgan fingerprint density at radius 1 is 1.10 bits per heavy atom. The highest BCUT2D eigenvalue weighted by Gasteiger charge is 2.62. The van der Waals surface area contributed by atoms with Crippen LogP contribution in [0.2, 0.25) is 0 Å². The molecule has 0 bridgehead atoms. The zero-order valence-corrected chi connectivity index (χ0v) is 19.8. The van der Waals surface area contributed by atoms with E-state index in [1.165, 1.54) is 71.3 Å². The molecule has 172 valence electrons. The second-order valence-electron chi connectivity index (χ2n) is 11.7. The van der Waals surface area contributed by atoms with Gasteiger partial charge in [0.15, 0.2) is 0 Å². The molecule has 4 saturated carbocycles. The molecule has 5 heteroatoms. The second-order valence-corrected chi connectivity index (χ2v) is 11.7. The number of nitrogens with zero attached hydrogens (tertiary/aromatic N) is 3. The van der Waals surface area contributed by atoms with Crippen LogP contribution >= 0.6 is 0 Å². The smallest absolute Gasteiger partial charge is 0.305 e. The number of fused-ring (bicyclic) bond motifs is 5. The van der Waals surface area contributed by atoms with E-state index in [-0.39, 0.29) is 5.97 Å². The van der Waals surface area contributed by atoms with Crippen LogP contribution in [0.1, 0.15) is 96.9 Å². The van der Waals surface area contributed by atoms with E-state index in [1.807, 2.05) is 6.20 Å². The molecule has 0 N–H and O–H groups in total. The molecule has 0 amide bonds. The summed E-state index contributed by atoms with van der Waals surface area (Å²) in [4.78, 5) is 11.6. The Balaban J connectivity index is 1.42. The van der Waals surface area contributed by atoms with Crippen molar-refractivity contribution in [3.8, 4) is 0 Å². The second kappa shape index (κ2) is 8.19. The van der Waals surface area contributed by atoms with E-state index < -0.39 is 0 Å². The normalized spacial score (nSPS) is 44.2. The molecular weight excluding hydrogens is 386 g/mol. The van der Waals surface area contributed by atoms with Gasteiger partial charge >= 0.3 is 5.97 Å². The van der Waals surface area contributed by atoms with Crippen LogP contribution in [0.5, 0.6) is 0 Å². The highest BCUT2D eigenvalue weighted by Crippen LogP contribution is 2.69. The average molecular weight is 428 g/mol. The Labute approximate surface area is 187 Å². The predicted molar refractivity (Wildman–Crippen MR) is 120 cm³/mol. The number of methoxy groups -OCH3 is 1. The zero-order chi connectivity index (χ0) is 21.6. The fourth-order valence-electron chi connectivity index (χ4n) is 9.11. The SMILES string of the molecule is COC(=O)CCC[C@H]1CCC2C3C(CC[C@@]21C)[C@@]1(C)CCCCC1C[C@@H]3n1ccnn1. The van der Waals surface area contributed by atoms with E-state index in [9.17, 15) is 4.79 Å². The fraction of sp³-hybridized carbons (Fsp3) is 0.885. The van der Waals surface area contributed by atoms with Crippen LogP contribution in [0, 0.1) is 40.4 Å². The van der Waals surface area contributed by atoms with E-state index in [4.69, 9.17) is 4.74 Å². The molecule has 1 aromatic rings. The number of ether oxygens (including phenoxy) is 1. The first-order chi connectivity index (χ1) is 15.0. The van der Waals surface area contributed by atoms with Gasteiger partial charge in [0.25, 0.3) is 0 Å². The summed E-state index contributed by atoms with van der Waals surface area (Å²) in [5.41, 5.74) is 0.929. The Morgan fingerprint density at radius 3 is 2.71 bits per heavy atom. The highest BCUT2D eigenvalue weighted by atomic mass is 16.5. The summed E-state index contributed by atoms with van der Waals surface area (Å²) >= 11 is 0. The third-order valence-electron chi connectivity index (χ3n) is 10.7. The summed E-state index contributed by atoms with van der Waals surface area (Å²) in [7, 11) is 1.50. The largest absolute Gasteiger partial charge is 0.469 e. The molecule has 4 aliphatic rings. The van der Waals surface area contributed by atoms with Crippen molar-refractivity contribution in [1.82, 2.24) is 15.0 Å². The molecule has 1 aromatic heterocycles. The summed E-state index contributed by atoms with van der Waals surface area (Å²) in [6.07, 6.45) is 19.1. The van der Waals surface area contributed by atoms with Crippen molar-refractivity contribution in [3.05, 3.63) is 12.4 Å². The predicted octanol–water partition coefficient (Wildman–Crippen LogP) is 5.82. The fourth-order valence-corrected chi connectivity index (χ4v) is 9.11. The number of hydrogen-bond donors (Lipinski definition) is 0. The van der Waals surface area contributed by atoms with Gasteiger partial charge in [-0.2, -0.15) is 0 Å². The number of hydrogen-bond acceptors (Lipinski definition) is 4. The van der Waals surface area contributed by atoms with Crippen molar-refractivity contribution in [1.29, 1.82) is 0 Å². The van der Waals surface area contributed by atoms with Crippen LogP contribution in [0.25, 0.3) is 0 Å². The molecule has 0 radical (unpaired) electrons. The van der Waals surface area contributed by atoms with Crippen LogP contribution in [0.15, 0.2) is 12.4 Å². The summed E-state index contributed by atoms with van der Waals surface area (Å²) in [5.74, 6) is 3.87. The third kappa shape index (κ3) is 3.45. The van der Waals surface area contributed by atoms with Crippen molar-refractivity contribution in [2.24, 2.45) is 40.4 Å². The molecule has 8 atom stereocenters. The van der Waals surface area contributed by atoms with Crippen molar-refractivity contribution in [2.75, 3.05) is 7.11 Å². The van der Waals surface area contributed by atoms with Crippen molar-refractivity contribution < 1.29 is 9.53 Å². The molecule has 5 nitrogen and oxygen atoms in total. The maximum absolute atomic E-state index is 11.6. The van der Waals surface area contributed by atoms with Gasteiger partial charge in [0, 0.05) is 12.6 Å². The average Bonchev–Trinajstić information content (AvgIpc) is 3.41. The minimum Gasteiger partial charge on any atom is -0.469 e. The van der Waals surface area contributed by atoms with Gasteiger partial charge in [0.1, 0.15) is 0 Å². The molecule has 0 saturated heterocycles. The summed E-state index contributed by atoms with van der Waals surface area (Å²) < 4.78 is 7.12. The minimum atomic E-state index is -0.0572. The topological polar surface area (TPSA) is 57.0 Å². The van der Waals surface area contributed by atoms with Gasteiger partial charge in [-0.25, -0.2) is 4.68 Å². The number of carbonyl (C=O) groups excluding carboxylic acids is 1. The van der Waals surface area contributed by atoms with E-state index in [1.54, 1.807) is 0 Å². The van der Waals surface area contributed by atoms with Gasteiger partial charge in [-0.3, -0.25) is 4.79 Å². The molecule has 0 spiro atoms. The number of rotatable bonds is 5. The molecule has 31 heavy (non-hydrogen) atoms. The molecule has 4 fully saturated rings. The van der Waals surface area contributed by atoms with Gasteiger partial charge in [-0.1, -0.05) is 31.9 Å². The number of aromatic nitrogens is 3. The number of carbonyl (C=O) groups is 1. The van der Waals surface area contributed by atoms with E-state index in [0.29, 0.717) is 23.3 Å². The van der Waals surface area contributed by atoms with Crippen LogP contribution in [0.3, 0.4) is 0 Å². The lowest BCUT2D eigenvalue weighted by Crippen LogP contribution is -2.56. The zero-order valence-electron chi connectivity index (χ0n) is 19.8. The number of esters is 1. The lowest BCUT2D eigenvalue weighted by atomic mass is 9.43. The third-order valence-corrected chi connectivity index (χ3v) is 10.7. The lowest BCUT2D eigenvalue weighted by molar-refractivity contribution is -0.141. The van der Waals surface area contributed by atoms with Gasteiger partial charge in [0.2, 0.25) is 0 Å². The quantitative estimate of drug-likeness (QED) is 0.556. The monoisotopic (exact) mass is 427 g/mol. The molecule has 5 rings (SSSR count). The first kappa shape index (κ1) is 21.5. The van der Waals surface area contributed by atoms with Crippen molar-refractivity contribution in [2.45, 2.75) is 96.9 Å². The lowest BCUT2D eigenvalue weighted by Gasteiger charge is -2.62. The Kier molecular flexibility index (Phi) is 5.67. The Bertz CT molecular complexity index is 780. The molecule has 4 aliphatic carbocycles. The standard InChI is InChI=1S/C26H41N3O2/c1-25-13-5-4-7-19(25)17-22(29-16-15-27-28-29)24-20-11-10-18(8-6-9-23(30)31-3)26(20,2)14-12-21(24)25/h15-16,18-22,24H,4-14,17H2,1-3H3/t18-,19?,20?,21?,22-,24?,25-,26+/m0/s1. The molecule has 0 aromatic carbocycles. The van der Waals surface area contributed by atoms with Crippen LogP contribution in [-0.4, -0.2) is 28.1 Å². The van der Waals surface area contributed by atoms with Crippen LogP contribution in [0.4, 0.5) is 0 Å². The van der Waals surface area contributed by atoms with Crippen LogP contribution in [-0.2, 0) is 9.53 Å². The molecule has 0 aliphatic heterocycles. The van der Waals surface area contributed by atoms with Crippen LogP contribution < -0.4 is 0 Å². The van der Waals surface area contributed by atoms with E-state index >= 15 is 0 Å². The van der Waals surface area contributed by atoms with Gasteiger partial charge in [-0.05, 0) is 98.2 Å². The maximum atomic E-state index is 11.6. The van der Waals surface area contributed by atoms with Gasteiger partial charge < -0.3 is 4.74 Å². The summed E-state index contributed by atoms with van der Waals surface area (Å²) in [6.45, 7) is 5.24. The minimum absolute atomic E-state index is 0.0572. The van der Waals surface area contributed by atoms with E-state index in [0.717, 1.165) is 36.0 Å². The molecule has 1 heterocycles. The van der Waals surface area contributed by atoms with Crippen molar-refractivity contribution >= 4 is 5.97 Å². The molecule has 4 unspecified atom stereocenters. The Morgan fingerprint density at radius 2 is 1.94 bits per heavy atom. The van der Waals surface area contributed by atoms with Gasteiger partial charge in [-0.15, -0.1) is 5.10 Å². The first-order valence-corrected chi connectivity index (χ1v) is 12.9. The first-order valence-electron chi connectivity index (χ1n) is 12.9. The highest BCUT2D eigenvalue weighted by molar-refractivity contribution is 5.68.